The lowest BCUT2D eigenvalue weighted by atomic mass is 9.61. The van der Waals surface area contributed by atoms with Gasteiger partial charge >= 0.3 is 0 Å². The van der Waals surface area contributed by atoms with Crippen molar-refractivity contribution in [3.63, 3.8) is 0 Å². The maximum atomic E-state index is 11.8. The summed E-state index contributed by atoms with van der Waals surface area (Å²) in [6.45, 7) is 8.13. The number of carbonyl (C=O) groups is 1. The zero-order chi connectivity index (χ0) is 13.2. The van der Waals surface area contributed by atoms with Crippen molar-refractivity contribution in [2.24, 2.45) is 5.41 Å². The Morgan fingerprint density at radius 2 is 2.28 bits per heavy atom. The summed E-state index contributed by atoms with van der Waals surface area (Å²) in [6.07, 6.45) is 4.50. The highest BCUT2D eigenvalue weighted by molar-refractivity contribution is 5.82. The summed E-state index contributed by atoms with van der Waals surface area (Å²) in [7, 11) is 0. The first-order valence-corrected chi connectivity index (χ1v) is 7.27. The number of piperidine rings is 1. The summed E-state index contributed by atoms with van der Waals surface area (Å²) >= 11 is 0. The molecule has 2 fully saturated rings. The molecule has 2 N–H and O–H groups in total. The normalized spacial score (nSPS) is 40.2. The number of carbonyl (C=O) groups excluding carboxylic acids is 1. The van der Waals surface area contributed by atoms with E-state index in [1.807, 2.05) is 6.92 Å². The van der Waals surface area contributed by atoms with Gasteiger partial charge < -0.3 is 15.4 Å². The Hall–Kier alpha value is -0.610. The molecule has 18 heavy (non-hydrogen) atoms. The molecule has 0 bridgehead atoms. The standard InChI is InChI=1S/C14H26N2O2/c1-4-14(3)11(9-12(14)18-5-2)16-10-7-6-8-15-13(10)17/h10-12,16H,4-9H2,1-3H3,(H,15,17). The minimum absolute atomic E-state index is 0.00259. The Kier molecular flexibility index (Phi) is 4.28. The molecule has 1 saturated carbocycles. The van der Waals surface area contributed by atoms with E-state index in [2.05, 4.69) is 24.5 Å². The van der Waals surface area contributed by atoms with Crippen LogP contribution in [0, 0.1) is 5.41 Å². The van der Waals surface area contributed by atoms with Crippen molar-refractivity contribution in [1.82, 2.24) is 10.6 Å². The first-order chi connectivity index (χ1) is 8.61. The monoisotopic (exact) mass is 254 g/mol. The third-order valence-electron chi connectivity index (χ3n) is 4.80. The lowest BCUT2D eigenvalue weighted by Gasteiger charge is -2.54. The first kappa shape index (κ1) is 13.8. The Labute approximate surface area is 110 Å². The molecule has 2 aliphatic rings. The maximum absolute atomic E-state index is 11.8. The quantitative estimate of drug-likeness (QED) is 0.780. The fraction of sp³-hybridized carbons (Fsp3) is 0.929. The topological polar surface area (TPSA) is 50.4 Å². The average molecular weight is 254 g/mol. The molecule has 4 unspecified atom stereocenters. The smallest absolute Gasteiger partial charge is 0.237 e. The molecule has 0 spiro atoms. The minimum atomic E-state index is -0.00259. The van der Waals surface area contributed by atoms with Gasteiger partial charge in [0, 0.05) is 24.6 Å². The van der Waals surface area contributed by atoms with Crippen LogP contribution in [0.4, 0.5) is 0 Å². The van der Waals surface area contributed by atoms with Gasteiger partial charge in [-0.05, 0) is 32.6 Å². The number of rotatable bonds is 5. The molecular weight excluding hydrogens is 228 g/mol. The molecule has 0 radical (unpaired) electrons. The predicted molar refractivity (Wildman–Crippen MR) is 71.4 cm³/mol. The second kappa shape index (κ2) is 5.57. The summed E-state index contributed by atoms with van der Waals surface area (Å²) in [5.41, 5.74) is 0.174. The van der Waals surface area contributed by atoms with Gasteiger partial charge in [-0.25, -0.2) is 0 Å². The van der Waals surface area contributed by atoms with Gasteiger partial charge in [-0.3, -0.25) is 4.79 Å². The summed E-state index contributed by atoms with van der Waals surface area (Å²) in [6, 6.07) is 0.408. The molecule has 1 heterocycles. The van der Waals surface area contributed by atoms with Gasteiger partial charge in [-0.2, -0.15) is 0 Å². The Bertz CT molecular complexity index is 308. The molecule has 4 atom stereocenters. The van der Waals surface area contributed by atoms with E-state index in [-0.39, 0.29) is 17.4 Å². The third kappa shape index (κ3) is 2.41. The highest BCUT2D eigenvalue weighted by atomic mass is 16.5. The Morgan fingerprint density at radius 1 is 1.50 bits per heavy atom. The van der Waals surface area contributed by atoms with Crippen LogP contribution in [0.2, 0.25) is 0 Å². The van der Waals surface area contributed by atoms with Crippen LogP contribution in [-0.2, 0) is 9.53 Å². The van der Waals surface area contributed by atoms with Crippen LogP contribution in [0.1, 0.15) is 46.5 Å². The number of hydrogen-bond acceptors (Lipinski definition) is 3. The molecule has 4 heteroatoms. The van der Waals surface area contributed by atoms with Gasteiger partial charge in [0.2, 0.25) is 5.91 Å². The molecule has 4 nitrogen and oxygen atoms in total. The van der Waals surface area contributed by atoms with E-state index in [1.165, 1.54) is 0 Å². The highest BCUT2D eigenvalue weighted by Gasteiger charge is 2.51. The van der Waals surface area contributed by atoms with Gasteiger partial charge in [0.1, 0.15) is 0 Å². The number of hydrogen-bond donors (Lipinski definition) is 2. The zero-order valence-corrected chi connectivity index (χ0v) is 11.8. The molecule has 0 aromatic heterocycles. The van der Waals surface area contributed by atoms with Gasteiger partial charge in [0.05, 0.1) is 12.1 Å². The maximum Gasteiger partial charge on any atom is 0.237 e. The van der Waals surface area contributed by atoms with Crippen molar-refractivity contribution in [1.29, 1.82) is 0 Å². The van der Waals surface area contributed by atoms with Crippen molar-refractivity contribution in [2.75, 3.05) is 13.2 Å². The number of nitrogens with one attached hydrogen (secondary N) is 2. The molecule has 0 aromatic carbocycles. The van der Waals surface area contributed by atoms with E-state index in [9.17, 15) is 4.79 Å². The second-order valence-electron chi connectivity index (χ2n) is 5.74. The molecule has 1 amide bonds. The fourth-order valence-electron chi connectivity index (χ4n) is 3.18. The third-order valence-corrected chi connectivity index (χ3v) is 4.80. The summed E-state index contributed by atoms with van der Waals surface area (Å²) in [5, 5.41) is 6.48. The lowest BCUT2D eigenvalue weighted by Crippen LogP contribution is -2.66. The van der Waals surface area contributed by atoms with Crippen LogP contribution >= 0.6 is 0 Å². The van der Waals surface area contributed by atoms with Crippen molar-refractivity contribution >= 4 is 5.91 Å². The average Bonchev–Trinajstić information content (AvgIpc) is 2.38. The fourth-order valence-corrected chi connectivity index (χ4v) is 3.18. The van der Waals surface area contributed by atoms with Crippen LogP contribution in [0.3, 0.4) is 0 Å². The summed E-state index contributed by atoms with van der Waals surface area (Å²) in [4.78, 5) is 11.8. The SMILES string of the molecule is CCOC1CC(NC2CCCNC2=O)C1(C)CC. The summed E-state index contributed by atoms with van der Waals surface area (Å²) in [5.74, 6) is 0.166. The van der Waals surface area contributed by atoms with Crippen molar-refractivity contribution in [2.45, 2.75) is 64.6 Å². The van der Waals surface area contributed by atoms with Crippen LogP contribution in [-0.4, -0.2) is 37.2 Å². The first-order valence-electron chi connectivity index (χ1n) is 7.27. The van der Waals surface area contributed by atoms with Crippen LogP contribution < -0.4 is 10.6 Å². The molecule has 0 aromatic rings. The van der Waals surface area contributed by atoms with Gasteiger partial charge in [-0.1, -0.05) is 13.8 Å². The van der Waals surface area contributed by atoms with Crippen LogP contribution in [0.15, 0.2) is 0 Å². The van der Waals surface area contributed by atoms with Gasteiger partial charge in [0.25, 0.3) is 0 Å². The molecular formula is C14H26N2O2. The van der Waals surface area contributed by atoms with Gasteiger partial charge in [-0.15, -0.1) is 0 Å². The number of ether oxygens (including phenoxy) is 1. The molecule has 1 aliphatic carbocycles. The number of amides is 1. The molecule has 1 saturated heterocycles. The minimum Gasteiger partial charge on any atom is -0.378 e. The zero-order valence-electron chi connectivity index (χ0n) is 11.8. The van der Waals surface area contributed by atoms with E-state index in [4.69, 9.17) is 4.74 Å². The van der Waals surface area contributed by atoms with Crippen LogP contribution in [0.25, 0.3) is 0 Å². The lowest BCUT2D eigenvalue weighted by molar-refractivity contribution is -0.137. The largest absolute Gasteiger partial charge is 0.378 e. The Morgan fingerprint density at radius 3 is 2.89 bits per heavy atom. The van der Waals surface area contributed by atoms with E-state index in [0.29, 0.717) is 12.1 Å². The molecule has 2 rings (SSSR count). The Balaban J connectivity index is 1.92. The van der Waals surface area contributed by atoms with Crippen LogP contribution in [0.5, 0.6) is 0 Å². The molecule has 104 valence electrons. The molecule has 1 aliphatic heterocycles. The highest BCUT2D eigenvalue weighted by Crippen LogP contribution is 2.46. The van der Waals surface area contributed by atoms with Crippen molar-refractivity contribution < 1.29 is 9.53 Å². The van der Waals surface area contributed by atoms with Gasteiger partial charge in [0.15, 0.2) is 0 Å². The van der Waals surface area contributed by atoms with E-state index in [0.717, 1.165) is 38.8 Å². The van der Waals surface area contributed by atoms with E-state index < -0.39 is 0 Å². The van der Waals surface area contributed by atoms with E-state index in [1.54, 1.807) is 0 Å². The predicted octanol–water partition coefficient (Wildman–Crippen LogP) is 1.45. The second-order valence-corrected chi connectivity index (χ2v) is 5.74. The van der Waals surface area contributed by atoms with Crippen molar-refractivity contribution in [3.8, 4) is 0 Å². The van der Waals surface area contributed by atoms with Crippen molar-refractivity contribution in [3.05, 3.63) is 0 Å². The summed E-state index contributed by atoms with van der Waals surface area (Å²) < 4.78 is 5.79. The van der Waals surface area contributed by atoms with E-state index >= 15 is 0 Å².